The molecule has 1 N–H and O–H groups in total. The lowest BCUT2D eigenvalue weighted by molar-refractivity contribution is 0.542. The molecule has 30 heavy (non-hydrogen) atoms. The number of pyridine rings is 2. The number of hydrogen-bond donors (Lipinski definition) is 1. The van der Waals surface area contributed by atoms with Crippen LogP contribution in [0, 0.1) is 5.82 Å². The molecule has 4 aromatic rings. The fourth-order valence-corrected chi connectivity index (χ4v) is 4.27. The zero-order valence-electron chi connectivity index (χ0n) is 15.9. The predicted octanol–water partition coefficient (Wildman–Crippen LogP) is 4.58. The molecule has 0 radical (unpaired) electrons. The van der Waals surface area contributed by atoms with E-state index >= 15 is 0 Å². The van der Waals surface area contributed by atoms with Crippen LogP contribution in [0.4, 0.5) is 10.1 Å². The first kappa shape index (κ1) is 18.4. The molecule has 3 aromatic heterocycles. The molecular weight excluding hydrogens is 397 g/mol. The van der Waals surface area contributed by atoms with Crippen molar-refractivity contribution in [3.63, 3.8) is 0 Å². The van der Waals surface area contributed by atoms with E-state index < -0.39 is 0 Å². The molecule has 4 heterocycles. The van der Waals surface area contributed by atoms with Gasteiger partial charge in [-0.05, 0) is 60.7 Å². The number of halogens is 1. The maximum atomic E-state index is 14.8. The molecule has 1 fully saturated rings. The summed E-state index contributed by atoms with van der Waals surface area (Å²) in [5.74, 6) is -0.326. The molecule has 5 rings (SSSR count). The Morgan fingerprint density at radius 3 is 2.57 bits per heavy atom. The molecule has 2 atom stereocenters. The van der Waals surface area contributed by atoms with Gasteiger partial charge in [0, 0.05) is 24.3 Å². The van der Waals surface area contributed by atoms with Crippen molar-refractivity contribution in [1.82, 2.24) is 19.9 Å². The molecule has 0 bridgehead atoms. The maximum Gasteiger partial charge on any atom is 0.174 e. The van der Waals surface area contributed by atoms with E-state index in [-0.39, 0.29) is 17.9 Å². The van der Waals surface area contributed by atoms with Crippen molar-refractivity contribution in [2.24, 2.45) is 0 Å². The summed E-state index contributed by atoms with van der Waals surface area (Å²) < 4.78 is 16.9. The zero-order chi connectivity index (χ0) is 20.5. The topological polar surface area (TPSA) is 46.0 Å². The second kappa shape index (κ2) is 7.68. The molecule has 0 amide bonds. The number of aromatic nitrogens is 3. The van der Waals surface area contributed by atoms with Gasteiger partial charge in [0.25, 0.3) is 0 Å². The number of nitrogens with one attached hydrogen (secondary N) is 1. The van der Waals surface area contributed by atoms with Gasteiger partial charge in [-0.2, -0.15) is 0 Å². The quantitative estimate of drug-likeness (QED) is 0.494. The summed E-state index contributed by atoms with van der Waals surface area (Å²) in [5.41, 5.74) is 3.14. The van der Waals surface area contributed by atoms with Crippen LogP contribution in [0.15, 0.2) is 91.5 Å². The minimum Gasteiger partial charge on any atom is -0.351 e. The molecule has 0 saturated carbocycles. The summed E-state index contributed by atoms with van der Waals surface area (Å²) in [6.45, 7) is 0. The number of hydrogen-bond acceptors (Lipinski definition) is 3. The average Bonchev–Trinajstić information content (AvgIpc) is 3.40. The van der Waals surface area contributed by atoms with Gasteiger partial charge in [-0.1, -0.05) is 18.2 Å². The van der Waals surface area contributed by atoms with Crippen molar-refractivity contribution in [3.05, 3.63) is 109 Å². The van der Waals surface area contributed by atoms with Crippen LogP contribution in [0.3, 0.4) is 0 Å². The molecule has 5 nitrogen and oxygen atoms in total. The fourth-order valence-electron chi connectivity index (χ4n) is 3.93. The highest BCUT2D eigenvalue weighted by Gasteiger charge is 2.42. The van der Waals surface area contributed by atoms with Gasteiger partial charge in [0.1, 0.15) is 11.9 Å². The van der Waals surface area contributed by atoms with E-state index in [2.05, 4.69) is 19.9 Å². The SMILES string of the molecule is Fc1ccccc1N1C(=S)N[C@@H](c2ccccn2)[C@@H]1c1cccn1-c1cccnc1. The average molecular weight is 415 g/mol. The van der Waals surface area contributed by atoms with Crippen molar-refractivity contribution in [3.8, 4) is 5.69 Å². The van der Waals surface area contributed by atoms with E-state index in [1.165, 1.54) is 6.07 Å². The summed E-state index contributed by atoms with van der Waals surface area (Å²) >= 11 is 5.67. The van der Waals surface area contributed by atoms with E-state index in [1.807, 2.05) is 59.6 Å². The summed E-state index contributed by atoms with van der Waals surface area (Å²) in [6, 6.07) is 19.8. The number of para-hydroxylation sites is 1. The van der Waals surface area contributed by atoms with E-state index in [0.29, 0.717) is 10.8 Å². The third-order valence-electron chi connectivity index (χ3n) is 5.22. The number of rotatable bonds is 4. The first-order valence-electron chi connectivity index (χ1n) is 9.57. The maximum absolute atomic E-state index is 14.8. The standard InChI is InChI=1S/C23H18FN5S/c24-17-8-1-2-10-19(17)29-22(21(27-23(29)30)18-9-3-4-13-26-18)20-11-6-14-28(20)16-7-5-12-25-15-16/h1-15,21-22H,(H,27,30)/t21-,22-/m0/s1. The van der Waals surface area contributed by atoms with Crippen LogP contribution in [0.25, 0.3) is 5.69 Å². The Kier molecular flexibility index (Phi) is 4.72. The summed E-state index contributed by atoms with van der Waals surface area (Å²) in [6.07, 6.45) is 7.26. The number of nitrogens with zero attached hydrogens (tertiary/aromatic N) is 4. The number of benzene rings is 1. The molecule has 0 unspecified atom stereocenters. The second-order valence-electron chi connectivity index (χ2n) is 6.96. The molecular formula is C23H18FN5S. The molecule has 148 valence electrons. The Morgan fingerprint density at radius 1 is 0.933 bits per heavy atom. The minimum atomic E-state index is -0.326. The molecule has 1 aliphatic heterocycles. The lowest BCUT2D eigenvalue weighted by Gasteiger charge is -2.29. The molecule has 1 aliphatic rings. The Morgan fingerprint density at radius 2 is 1.80 bits per heavy atom. The second-order valence-corrected chi connectivity index (χ2v) is 7.35. The van der Waals surface area contributed by atoms with Gasteiger partial charge >= 0.3 is 0 Å². The summed E-state index contributed by atoms with van der Waals surface area (Å²) in [4.78, 5) is 10.6. The van der Waals surface area contributed by atoms with Crippen LogP contribution in [0.1, 0.15) is 23.5 Å². The van der Waals surface area contributed by atoms with Crippen LogP contribution in [-0.4, -0.2) is 19.6 Å². The summed E-state index contributed by atoms with van der Waals surface area (Å²) in [7, 11) is 0. The zero-order valence-corrected chi connectivity index (χ0v) is 16.7. The van der Waals surface area contributed by atoms with Gasteiger partial charge in [-0.3, -0.25) is 9.97 Å². The highest BCUT2D eigenvalue weighted by atomic mass is 32.1. The van der Waals surface area contributed by atoms with Crippen molar-refractivity contribution in [2.75, 3.05) is 4.90 Å². The van der Waals surface area contributed by atoms with Gasteiger partial charge < -0.3 is 14.8 Å². The minimum absolute atomic E-state index is 0.247. The third kappa shape index (κ3) is 3.13. The Hall–Kier alpha value is -3.58. The third-order valence-corrected chi connectivity index (χ3v) is 5.53. The first-order chi connectivity index (χ1) is 14.7. The molecule has 0 aliphatic carbocycles. The van der Waals surface area contributed by atoms with Gasteiger partial charge in [-0.25, -0.2) is 4.39 Å². The van der Waals surface area contributed by atoms with E-state index in [0.717, 1.165) is 17.1 Å². The van der Waals surface area contributed by atoms with Crippen molar-refractivity contribution in [1.29, 1.82) is 0 Å². The first-order valence-corrected chi connectivity index (χ1v) is 9.98. The lowest BCUT2D eigenvalue weighted by atomic mass is 10.0. The Bertz CT molecular complexity index is 1180. The summed E-state index contributed by atoms with van der Waals surface area (Å²) in [5, 5.41) is 3.82. The Labute approximate surface area is 178 Å². The van der Waals surface area contributed by atoms with E-state index in [9.17, 15) is 4.39 Å². The van der Waals surface area contributed by atoms with Gasteiger partial charge in [-0.15, -0.1) is 0 Å². The Balaban J connectivity index is 1.69. The highest BCUT2D eigenvalue weighted by Crippen LogP contribution is 2.42. The van der Waals surface area contributed by atoms with E-state index in [1.54, 1.807) is 30.7 Å². The normalized spacial score (nSPS) is 18.4. The van der Waals surface area contributed by atoms with Crippen molar-refractivity contribution in [2.45, 2.75) is 12.1 Å². The highest BCUT2D eigenvalue weighted by molar-refractivity contribution is 7.80. The smallest absolute Gasteiger partial charge is 0.174 e. The number of thiocarbonyl (C=S) groups is 1. The molecule has 1 aromatic carbocycles. The monoisotopic (exact) mass is 415 g/mol. The largest absolute Gasteiger partial charge is 0.351 e. The molecule has 0 spiro atoms. The van der Waals surface area contributed by atoms with Crippen LogP contribution >= 0.6 is 12.2 Å². The number of anilines is 1. The van der Waals surface area contributed by atoms with Crippen molar-refractivity contribution < 1.29 is 4.39 Å². The predicted molar refractivity (Wildman–Crippen MR) is 118 cm³/mol. The van der Waals surface area contributed by atoms with Gasteiger partial charge in [0.2, 0.25) is 0 Å². The van der Waals surface area contributed by atoms with Crippen molar-refractivity contribution >= 4 is 23.0 Å². The molecule has 1 saturated heterocycles. The van der Waals surface area contributed by atoms with Gasteiger partial charge in [0.15, 0.2) is 5.11 Å². The van der Waals surface area contributed by atoms with Crippen LogP contribution in [0.5, 0.6) is 0 Å². The van der Waals surface area contributed by atoms with Crippen LogP contribution in [-0.2, 0) is 0 Å². The van der Waals surface area contributed by atoms with E-state index in [4.69, 9.17) is 12.2 Å². The van der Waals surface area contributed by atoms with Crippen LogP contribution in [0.2, 0.25) is 0 Å². The van der Waals surface area contributed by atoms with Gasteiger partial charge in [0.05, 0.1) is 29.3 Å². The molecule has 7 heteroatoms. The fraction of sp³-hybridized carbons (Fsp3) is 0.0870. The van der Waals surface area contributed by atoms with Crippen LogP contribution < -0.4 is 10.2 Å². The lowest BCUT2D eigenvalue weighted by Crippen LogP contribution is -2.31.